The Morgan fingerprint density at radius 1 is 1.20 bits per heavy atom. The number of thiophene rings is 1. The van der Waals surface area contributed by atoms with Crippen molar-refractivity contribution >= 4 is 40.2 Å². The number of benzene rings is 1. The Bertz CT molecular complexity index is 1510. The van der Waals surface area contributed by atoms with Crippen molar-refractivity contribution in [3.05, 3.63) is 69.2 Å². The Hall–Kier alpha value is -3.70. The zero-order valence-corrected chi connectivity index (χ0v) is 20.7. The Balaban J connectivity index is 1.44. The third-order valence-electron chi connectivity index (χ3n) is 5.68. The van der Waals surface area contributed by atoms with E-state index >= 15 is 0 Å². The van der Waals surface area contributed by atoms with Gasteiger partial charge in [-0.05, 0) is 47.2 Å². The maximum atomic E-state index is 13.1. The van der Waals surface area contributed by atoms with E-state index in [0.717, 1.165) is 38.7 Å². The van der Waals surface area contributed by atoms with Gasteiger partial charge in [-0.25, -0.2) is 8.91 Å². The number of fused-ring (bicyclic) bond motifs is 1. The van der Waals surface area contributed by atoms with E-state index in [2.05, 4.69) is 39.4 Å². The number of nitrogen functional groups attached to an aromatic ring is 1. The van der Waals surface area contributed by atoms with Gasteiger partial charge >= 0.3 is 0 Å². The van der Waals surface area contributed by atoms with E-state index in [1.165, 1.54) is 34.8 Å². The van der Waals surface area contributed by atoms with E-state index in [4.69, 9.17) is 5.73 Å². The number of pyridine rings is 1. The van der Waals surface area contributed by atoms with Crippen LogP contribution >= 0.6 is 22.7 Å². The lowest BCUT2D eigenvalue weighted by molar-refractivity contribution is 0.0955. The minimum absolute atomic E-state index is 0.168. The molecular weight excluding hydrogens is 485 g/mol. The molecule has 4 heterocycles. The van der Waals surface area contributed by atoms with Crippen molar-refractivity contribution in [1.82, 2.24) is 30.1 Å². The second-order valence-electron chi connectivity index (χ2n) is 8.14. The second kappa shape index (κ2) is 9.51. The van der Waals surface area contributed by atoms with Crippen LogP contribution in [0.2, 0.25) is 0 Å². The van der Waals surface area contributed by atoms with E-state index in [-0.39, 0.29) is 17.7 Å². The van der Waals surface area contributed by atoms with Crippen LogP contribution in [-0.4, -0.2) is 30.7 Å². The molecule has 0 bridgehead atoms. The summed E-state index contributed by atoms with van der Waals surface area (Å²) in [5.74, 6) is -0.0187. The molecule has 0 aliphatic heterocycles. The van der Waals surface area contributed by atoms with Crippen LogP contribution in [0.5, 0.6) is 0 Å². The summed E-state index contributed by atoms with van der Waals surface area (Å²) in [4.78, 5) is 17.6. The minimum atomic E-state index is -0.307. The predicted octanol–water partition coefficient (Wildman–Crippen LogP) is 5.14. The van der Waals surface area contributed by atoms with Crippen LogP contribution in [0.1, 0.15) is 46.4 Å². The van der Waals surface area contributed by atoms with Gasteiger partial charge in [0.25, 0.3) is 5.91 Å². The normalized spacial score (nSPS) is 12.2. The average molecular weight is 508 g/mol. The maximum Gasteiger partial charge on any atom is 0.261 e. The van der Waals surface area contributed by atoms with Gasteiger partial charge in [0, 0.05) is 24.2 Å². The van der Waals surface area contributed by atoms with Crippen molar-refractivity contribution in [2.75, 3.05) is 5.73 Å². The number of hydrogen-bond acceptors (Lipinski definition) is 8. The molecule has 0 spiro atoms. The van der Waals surface area contributed by atoms with Gasteiger partial charge in [0.1, 0.15) is 10.8 Å². The first kappa shape index (κ1) is 23.1. The highest BCUT2D eigenvalue weighted by Crippen LogP contribution is 2.35. The third-order valence-corrected chi connectivity index (χ3v) is 7.79. The molecule has 0 saturated carbocycles. The topological polar surface area (TPSA) is 111 Å². The molecule has 11 heteroatoms. The van der Waals surface area contributed by atoms with Crippen molar-refractivity contribution < 1.29 is 9.18 Å². The van der Waals surface area contributed by atoms with E-state index in [1.54, 1.807) is 16.6 Å². The molecule has 0 aliphatic rings. The Morgan fingerprint density at radius 3 is 2.77 bits per heavy atom. The third kappa shape index (κ3) is 4.77. The van der Waals surface area contributed by atoms with Crippen LogP contribution in [0, 0.1) is 5.82 Å². The number of amides is 1. The van der Waals surface area contributed by atoms with Crippen LogP contribution in [0.15, 0.2) is 48.0 Å². The molecule has 1 aromatic carbocycles. The first-order valence-electron chi connectivity index (χ1n) is 11.0. The first-order chi connectivity index (χ1) is 16.9. The van der Waals surface area contributed by atoms with Crippen LogP contribution in [-0.2, 0) is 6.54 Å². The van der Waals surface area contributed by atoms with Gasteiger partial charge in [-0.2, -0.15) is 4.98 Å². The number of anilines is 1. The van der Waals surface area contributed by atoms with Crippen molar-refractivity contribution in [3.8, 4) is 21.7 Å². The number of nitrogens with zero attached hydrogens (tertiary/aromatic N) is 5. The first-order valence-corrected chi connectivity index (χ1v) is 12.7. The second-order valence-corrected chi connectivity index (χ2v) is 10.1. The number of aromatic nitrogens is 5. The molecule has 1 amide bonds. The smallest absolute Gasteiger partial charge is 0.261 e. The number of rotatable bonds is 7. The van der Waals surface area contributed by atoms with Crippen molar-refractivity contribution in [2.45, 2.75) is 32.7 Å². The monoisotopic (exact) mass is 507 g/mol. The van der Waals surface area contributed by atoms with Gasteiger partial charge in [-0.15, -0.1) is 26.6 Å². The quantitative estimate of drug-likeness (QED) is 0.316. The average Bonchev–Trinajstić information content (AvgIpc) is 3.61. The molecular formula is C24H22FN7OS2. The number of nitrogens with one attached hydrogen (secondary N) is 1. The molecule has 3 N–H and O–H groups in total. The SMILES string of the molecule is CCC(C)c1nnc(-c2cc(-c3csc(C(=O)NCc4ccc(F)cc4)c3)cn3nc(N)nc23)s1. The number of nitrogens with two attached hydrogens (primary N) is 1. The molecule has 0 fully saturated rings. The summed E-state index contributed by atoms with van der Waals surface area (Å²) < 4.78 is 14.7. The summed E-state index contributed by atoms with van der Waals surface area (Å²) in [5.41, 5.74) is 9.82. The molecule has 1 atom stereocenters. The van der Waals surface area contributed by atoms with Crippen molar-refractivity contribution in [3.63, 3.8) is 0 Å². The number of hydrogen-bond donors (Lipinski definition) is 2. The minimum Gasteiger partial charge on any atom is -0.366 e. The van der Waals surface area contributed by atoms with Gasteiger partial charge in [-0.1, -0.05) is 37.3 Å². The standard InChI is InChI=1S/C24H22FN7OS2/c1-3-13(2)22-29-30-23(35-22)18-8-15(11-32-20(18)28-24(26)31-32)16-9-19(34-12-16)21(33)27-10-14-4-6-17(25)7-5-14/h4-9,11-13H,3,10H2,1-2H3,(H2,26,31)(H,27,33). The van der Waals surface area contributed by atoms with Crippen LogP contribution in [0.4, 0.5) is 10.3 Å². The number of carbonyl (C=O) groups excluding carboxylic acids is 1. The molecule has 5 aromatic rings. The predicted molar refractivity (Wildman–Crippen MR) is 136 cm³/mol. The Kier molecular flexibility index (Phi) is 6.27. The molecule has 178 valence electrons. The highest BCUT2D eigenvalue weighted by Gasteiger charge is 2.19. The summed E-state index contributed by atoms with van der Waals surface area (Å²) in [6.07, 6.45) is 2.81. The molecule has 0 saturated heterocycles. The summed E-state index contributed by atoms with van der Waals surface area (Å²) in [6.45, 7) is 4.56. The van der Waals surface area contributed by atoms with Gasteiger partial charge in [-0.3, -0.25) is 4.79 Å². The molecule has 35 heavy (non-hydrogen) atoms. The zero-order chi connectivity index (χ0) is 24.5. The lowest BCUT2D eigenvalue weighted by atomic mass is 10.1. The Labute approximate surface area is 208 Å². The number of halogens is 1. The molecule has 0 aliphatic carbocycles. The van der Waals surface area contributed by atoms with Gasteiger partial charge in [0.2, 0.25) is 5.95 Å². The van der Waals surface area contributed by atoms with Crippen LogP contribution in [0.25, 0.3) is 27.3 Å². The fourth-order valence-corrected chi connectivity index (χ4v) is 5.34. The fourth-order valence-electron chi connectivity index (χ4n) is 3.51. The Morgan fingerprint density at radius 2 is 2.00 bits per heavy atom. The maximum absolute atomic E-state index is 13.1. The van der Waals surface area contributed by atoms with E-state index in [1.807, 2.05) is 23.7 Å². The lowest BCUT2D eigenvalue weighted by Crippen LogP contribution is -2.21. The van der Waals surface area contributed by atoms with Crippen molar-refractivity contribution in [1.29, 1.82) is 0 Å². The van der Waals surface area contributed by atoms with Gasteiger partial charge in [0.15, 0.2) is 10.7 Å². The van der Waals surface area contributed by atoms with E-state index in [9.17, 15) is 9.18 Å². The van der Waals surface area contributed by atoms with Gasteiger partial charge in [0.05, 0.1) is 10.4 Å². The zero-order valence-electron chi connectivity index (χ0n) is 19.0. The summed E-state index contributed by atoms with van der Waals surface area (Å²) >= 11 is 2.88. The summed E-state index contributed by atoms with van der Waals surface area (Å²) in [7, 11) is 0. The van der Waals surface area contributed by atoms with Crippen molar-refractivity contribution in [2.24, 2.45) is 0 Å². The molecule has 8 nitrogen and oxygen atoms in total. The van der Waals surface area contributed by atoms with E-state index in [0.29, 0.717) is 23.0 Å². The highest BCUT2D eigenvalue weighted by molar-refractivity contribution is 7.14. The molecule has 1 unspecified atom stereocenters. The number of carbonyl (C=O) groups is 1. The van der Waals surface area contributed by atoms with E-state index < -0.39 is 0 Å². The largest absolute Gasteiger partial charge is 0.366 e. The molecule has 4 aromatic heterocycles. The van der Waals surface area contributed by atoms with Crippen LogP contribution < -0.4 is 11.1 Å². The highest BCUT2D eigenvalue weighted by atomic mass is 32.1. The molecule has 5 rings (SSSR count). The molecule has 0 radical (unpaired) electrons. The summed E-state index contributed by atoms with van der Waals surface area (Å²) in [6, 6.07) is 9.86. The van der Waals surface area contributed by atoms with Crippen LogP contribution in [0.3, 0.4) is 0 Å². The fraction of sp³-hybridized carbons (Fsp3) is 0.208. The lowest BCUT2D eigenvalue weighted by Gasteiger charge is -2.05. The van der Waals surface area contributed by atoms with Gasteiger partial charge < -0.3 is 11.1 Å². The summed E-state index contributed by atoms with van der Waals surface area (Å²) in [5, 5.41) is 19.6.